The van der Waals surface area contributed by atoms with Gasteiger partial charge in [-0.2, -0.15) is 35.6 Å². The van der Waals surface area contributed by atoms with E-state index in [-0.39, 0.29) is 40.6 Å². The molecular formula is C25H20F7N5O4S. The third kappa shape index (κ3) is 6.21. The van der Waals surface area contributed by atoms with E-state index < -0.39 is 64.5 Å². The van der Waals surface area contributed by atoms with Gasteiger partial charge in [0, 0.05) is 36.1 Å². The van der Waals surface area contributed by atoms with E-state index >= 15 is 0 Å². The molecule has 0 radical (unpaired) electrons. The van der Waals surface area contributed by atoms with Crippen LogP contribution in [0.2, 0.25) is 0 Å². The summed E-state index contributed by atoms with van der Waals surface area (Å²) in [5.74, 6) is -2.75. The Morgan fingerprint density at radius 1 is 1.00 bits per heavy atom. The van der Waals surface area contributed by atoms with Crippen LogP contribution in [0, 0.1) is 11.7 Å². The molecule has 9 nitrogen and oxygen atoms in total. The molecule has 1 saturated carbocycles. The Morgan fingerprint density at radius 3 is 2.24 bits per heavy atom. The first-order valence-electron chi connectivity index (χ1n) is 12.4. The van der Waals surface area contributed by atoms with Gasteiger partial charge in [-0.05, 0) is 55.5 Å². The van der Waals surface area contributed by atoms with E-state index in [1.54, 1.807) is 0 Å². The van der Waals surface area contributed by atoms with E-state index in [1.165, 1.54) is 6.07 Å². The molecule has 42 heavy (non-hydrogen) atoms. The zero-order chi connectivity index (χ0) is 30.4. The number of halogens is 7. The molecule has 3 fully saturated rings. The SMILES string of the molecule is O=C(CCc1cc(-c2cnc(C(F)(F)F)nc2)nc(OCC(F)(F)F)n1)[C@@H]1C2CC(C2)N1S(=O)(=O)c1ccc(F)cc1. The smallest absolute Gasteiger partial charge is 0.451 e. The number of aromatic nitrogens is 4. The van der Waals surface area contributed by atoms with Crippen LogP contribution in [0.3, 0.4) is 0 Å². The molecule has 1 aromatic carbocycles. The van der Waals surface area contributed by atoms with Crippen molar-refractivity contribution < 1.29 is 48.7 Å². The molecule has 224 valence electrons. The maximum absolute atomic E-state index is 13.4. The van der Waals surface area contributed by atoms with Gasteiger partial charge in [0.2, 0.25) is 15.8 Å². The lowest BCUT2D eigenvalue weighted by Gasteiger charge is -2.25. The highest BCUT2D eigenvalue weighted by Gasteiger charge is 2.58. The number of fused-ring (bicyclic) bond motifs is 1. The van der Waals surface area contributed by atoms with Crippen LogP contribution in [-0.2, 0) is 27.4 Å². The average molecular weight is 620 g/mol. The van der Waals surface area contributed by atoms with Gasteiger partial charge in [-0.25, -0.2) is 27.8 Å². The largest absolute Gasteiger partial charge is 0.454 e. The third-order valence-electron chi connectivity index (χ3n) is 6.90. The van der Waals surface area contributed by atoms with Crippen molar-refractivity contribution in [2.45, 2.75) is 55.0 Å². The summed E-state index contributed by atoms with van der Waals surface area (Å²) in [6.45, 7) is -1.75. The average Bonchev–Trinajstić information content (AvgIpc) is 3.48. The van der Waals surface area contributed by atoms with Crippen molar-refractivity contribution in [1.82, 2.24) is 24.2 Å². The molecule has 1 atom stereocenters. The maximum atomic E-state index is 13.4. The number of aryl methyl sites for hydroxylation is 1. The van der Waals surface area contributed by atoms with Gasteiger partial charge >= 0.3 is 18.4 Å². The zero-order valence-corrected chi connectivity index (χ0v) is 22.0. The lowest BCUT2D eigenvalue weighted by molar-refractivity contribution is -0.154. The number of carbonyl (C=O) groups excluding carboxylic acids is 1. The van der Waals surface area contributed by atoms with E-state index in [0.29, 0.717) is 12.8 Å². The Kier molecular flexibility index (Phi) is 7.67. The summed E-state index contributed by atoms with van der Waals surface area (Å²) >= 11 is 0. The minimum Gasteiger partial charge on any atom is -0.454 e. The minimum absolute atomic E-state index is 0.0173. The van der Waals surface area contributed by atoms with Crippen molar-refractivity contribution in [3.63, 3.8) is 0 Å². The van der Waals surface area contributed by atoms with Crippen LogP contribution in [0.1, 0.15) is 30.8 Å². The molecule has 2 aromatic heterocycles. The molecule has 0 spiro atoms. The monoisotopic (exact) mass is 619 g/mol. The van der Waals surface area contributed by atoms with E-state index in [1.807, 2.05) is 0 Å². The molecule has 0 N–H and O–H groups in total. The van der Waals surface area contributed by atoms with E-state index in [2.05, 4.69) is 24.7 Å². The summed E-state index contributed by atoms with van der Waals surface area (Å²) in [6.07, 6.45) is -7.49. The summed E-state index contributed by atoms with van der Waals surface area (Å²) in [6, 6.07) is 3.32. The molecule has 2 saturated heterocycles. The molecule has 0 amide bonds. The minimum atomic E-state index is -4.82. The lowest BCUT2D eigenvalue weighted by atomic mass is 9.81. The normalized spacial score (nSPS) is 20.8. The fourth-order valence-corrected chi connectivity index (χ4v) is 6.85. The highest BCUT2D eigenvalue weighted by molar-refractivity contribution is 7.89. The van der Waals surface area contributed by atoms with Crippen LogP contribution in [0.5, 0.6) is 6.01 Å². The predicted octanol–water partition coefficient (Wildman–Crippen LogP) is 4.39. The standard InChI is InChI=1S/C25H20F7N5O4S/c26-15-1-4-18(5-2-15)42(39,40)37-17-7-13(8-17)21(37)20(38)6-3-16-9-19(36-23(35-16)41-12-24(27,28)29)14-10-33-22(34-11-14)25(30,31)32/h1-2,4-5,9-11,13,17,21H,3,6-8,12H2/t13?,17?,21-/m0/s1. The third-order valence-corrected chi connectivity index (χ3v) is 8.85. The van der Waals surface area contributed by atoms with Crippen LogP contribution in [0.25, 0.3) is 11.3 Å². The van der Waals surface area contributed by atoms with Crippen molar-refractivity contribution in [3.8, 4) is 17.3 Å². The van der Waals surface area contributed by atoms with Gasteiger partial charge in [0.15, 0.2) is 12.4 Å². The van der Waals surface area contributed by atoms with Gasteiger partial charge in [-0.15, -0.1) is 0 Å². The molecule has 0 unspecified atom stereocenters. The van der Waals surface area contributed by atoms with Crippen LogP contribution < -0.4 is 4.74 Å². The van der Waals surface area contributed by atoms with Crippen molar-refractivity contribution in [1.29, 1.82) is 0 Å². The number of sulfonamides is 1. The van der Waals surface area contributed by atoms with Gasteiger partial charge in [-0.3, -0.25) is 4.79 Å². The Bertz CT molecular complexity index is 1580. The summed E-state index contributed by atoms with van der Waals surface area (Å²) in [7, 11) is -4.13. The van der Waals surface area contributed by atoms with Crippen LogP contribution in [0.4, 0.5) is 30.7 Å². The number of benzene rings is 1. The first-order valence-corrected chi connectivity index (χ1v) is 13.8. The number of hydrogen-bond donors (Lipinski definition) is 0. The van der Waals surface area contributed by atoms with Crippen LogP contribution in [-0.4, -0.2) is 63.3 Å². The predicted molar refractivity (Wildman–Crippen MR) is 129 cm³/mol. The molecule has 3 aliphatic rings. The van der Waals surface area contributed by atoms with Crippen molar-refractivity contribution in [2.75, 3.05) is 6.61 Å². The quantitative estimate of drug-likeness (QED) is 0.324. The van der Waals surface area contributed by atoms with E-state index in [9.17, 15) is 43.9 Å². The van der Waals surface area contributed by atoms with Gasteiger partial charge < -0.3 is 4.74 Å². The van der Waals surface area contributed by atoms with E-state index in [4.69, 9.17) is 0 Å². The topological polar surface area (TPSA) is 115 Å². The summed E-state index contributed by atoms with van der Waals surface area (Å²) in [4.78, 5) is 27.3. The number of rotatable bonds is 9. The Hall–Kier alpha value is -3.73. The molecule has 6 rings (SSSR count). The van der Waals surface area contributed by atoms with Crippen LogP contribution in [0.15, 0.2) is 47.6 Å². The molecule has 2 bridgehead atoms. The van der Waals surface area contributed by atoms with Gasteiger partial charge in [0.1, 0.15) is 5.82 Å². The number of ketones is 1. The second kappa shape index (κ2) is 10.8. The van der Waals surface area contributed by atoms with Crippen molar-refractivity contribution >= 4 is 15.8 Å². The fourth-order valence-electron chi connectivity index (χ4n) is 4.98. The molecule has 2 aliphatic heterocycles. The van der Waals surface area contributed by atoms with Gasteiger partial charge in [0.05, 0.1) is 16.6 Å². The summed E-state index contributed by atoms with van der Waals surface area (Å²) < 4.78 is 122. The summed E-state index contributed by atoms with van der Waals surface area (Å²) in [5.41, 5.74) is -0.214. The first-order chi connectivity index (χ1) is 19.6. The lowest BCUT2D eigenvalue weighted by Crippen LogP contribution is -2.41. The number of Topliss-reactive ketones (excluding diaryl/α,β-unsaturated/α-hetero) is 1. The van der Waals surface area contributed by atoms with Crippen molar-refractivity contribution in [2.24, 2.45) is 5.92 Å². The number of carbonyl (C=O) groups is 1. The number of nitrogens with zero attached hydrogens (tertiary/aromatic N) is 5. The van der Waals surface area contributed by atoms with Gasteiger partial charge in [0.25, 0.3) is 0 Å². The Balaban J connectivity index is 1.37. The Labute approximate surface area is 233 Å². The maximum Gasteiger partial charge on any atom is 0.451 e. The second-order valence-electron chi connectivity index (χ2n) is 9.81. The molecular weight excluding hydrogens is 599 g/mol. The zero-order valence-electron chi connectivity index (χ0n) is 21.2. The fraction of sp³-hybridized carbons (Fsp3) is 0.400. The molecule has 17 heteroatoms. The van der Waals surface area contributed by atoms with Crippen molar-refractivity contribution in [3.05, 3.63) is 60.1 Å². The molecule has 4 heterocycles. The highest BCUT2D eigenvalue weighted by Crippen LogP contribution is 2.49. The van der Waals surface area contributed by atoms with Crippen LogP contribution >= 0.6 is 0 Å². The summed E-state index contributed by atoms with van der Waals surface area (Å²) in [5, 5.41) is 0. The number of ether oxygens (including phenoxy) is 1. The molecule has 3 aromatic rings. The number of hydrogen-bond acceptors (Lipinski definition) is 8. The Morgan fingerprint density at radius 2 is 1.64 bits per heavy atom. The highest BCUT2D eigenvalue weighted by atomic mass is 32.2. The number of alkyl halides is 6. The molecule has 1 aliphatic carbocycles. The van der Waals surface area contributed by atoms with E-state index in [0.717, 1.165) is 41.0 Å². The first kappa shape index (κ1) is 29.8. The second-order valence-corrected chi connectivity index (χ2v) is 11.7. The van der Waals surface area contributed by atoms with Gasteiger partial charge in [-0.1, -0.05) is 0 Å².